The average Bonchev–Trinajstić information content (AvgIpc) is 2.73. The molecule has 0 aromatic carbocycles. The highest BCUT2D eigenvalue weighted by Crippen LogP contribution is 2.50. The number of rotatable bonds is 4. The van der Waals surface area contributed by atoms with E-state index in [4.69, 9.17) is 9.63 Å². The van der Waals surface area contributed by atoms with Crippen LogP contribution < -0.4 is 0 Å². The van der Waals surface area contributed by atoms with Gasteiger partial charge >= 0.3 is 5.97 Å². The summed E-state index contributed by atoms with van der Waals surface area (Å²) in [5, 5.41) is 12.0. The standard InChI is InChI=1S/C10H14N2O3/c1-5(2)3-6-4-7(6)9-11-8(10(13)14)12-15-9/h5-7H,3-4H2,1-2H3,(H,13,14). The average molecular weight is 210 g/mol. The fourth-order valence-corrected chi connectivity index (χ4v) is 1.89. The van der Waals surface area contributed by atoms with Crippen molar-refractivity contribution in [2.24, 2.45) is 11.8 Å². The molecule has 2 rings (SSSR count). The first kappa shape index (κ1) is 10.1. The normalized spacial score (nSPS) is 24.5. The molecule has 0 saturated heterocycles. The second-order valence-corrected chi connectivity index (χ2v) is 4.49. The van der Waals surface area contributed by atoms with E-state index in [2.05, 4.69) is 24.0 Å². The van der Waals surface area contributed by atoms with E-state index in [1.165, 1.54) is 0 Å². The molecule has 5 heteroatoms. The predicted octanol–water partition coefficient (Wildman–Crippen LogP) is 1.92. The van der Waals surface area contributed by atoms with Gasteiger partial charge in [-0.15, -0.1) is 0 Å². The molecule has 0 amide bonds. The zero-order chi connectivity index (χ0) is 11.0. The summed E-state index contributed by atoms with van der Waals surface area (Å²) < 4.78 is 4.92. The molecule has 5 nitrogen and oxygen atoms in total. The van der Waals surface area contributed by atoms with Gasteiger partial charge in [0.05, 0.1) is 0 Å². The molecular formula is C10H14N2O3. The van der Waals surface area contributed by atoms with Crippen molar-refractivity contribution in [2.45, 2.75) is 32.6 Å². The molecule has 2 unspecified atom stereocenters. The van der Waals surface area contributed by atoms with Crippen molar-refractivity contribution in [3.8, 4) is 0 Å². The Hall–Kier alpha value is -1.39. The van der Waals surface area contributed by atoms with E-state index < -0.39 is 5.97 Å². The number of carboxylic acids is 1. The summed E-state index contributed by atoms with van der Waals surface area (Å²) >= 11 is 0. The lowest BCUT2D eigenvalue weighted by Crippen LogP contribution is -1.98. The van der Waals surface area contributed by atoms with Crippen LogP contribution >= 0.6 is 0 Å². The van der Waals surface area contributed by atoms with Gasteiger partial charge in [-0.2, -0.15) is 4.98 Å². The van der Waals surface area contributed by atoms with E-state index in [1.54, 1.807) is 0 Å². The maximum absolute atomic E-state index is 10.5. The summed E-state index contributed by atoms with van der Waals surface area (Å²) in [6, 6.07) is 0. The summed E-state index contributed by atoms with van der Waals surface area (Å²) in [5.41, 5.74) is 0. The van der Waals surface area contributed by atoms with E-state index >= 15 is 0 Å². The van der Waals surface area contributed by atoms with Crippen molar-refractivity contribution in [1.29, 1.82) is 0 Å². The van der Waals surface area contributed by atoms with Gasteiger partial charge in [-0.3, -0.25) is 0 Å². The van der Waals surface area contributed by atoms with Crippen LogP contribution in [-0.2, 0) is 0 Å². The molecule has 1 aliphatic carbocycles. The Kier molecular flexibility index (Phi) is 2.46. The first-order chi connectivity index (χ1) is 7.08. The van der Waals surface area contributed by atoms with Crippen LogP contribution in [0.25, 0.3) is 0 Å². The fourth-order valence-electron chi connectivity index (χ4n) is 1.89. The third-order valence-corrected chi connectivity index (χ3v) is 2.65. The van der Waals surface area contributed by atoms with Gasteiger partial charge in [0, 0.05) is 5.92 Å². The van der Waals surface area contributed by atoms with Crippen LogP contribution in [0.15, 0.2) is 4.52 Å². The molecule has 0 bridgehead atoms. The number of hydrogen-bond donors (Lipinski definition) is 1. The number of hydrogen-bond acceptors (Lipinski definition) is 4. The van der Waals surface area contributed by atoms with Gasteiger partial charge in [0.25, 0.3) is 5.82 Å². The Bertz CT molecular complexity index is 372. The van der Waals surface area contributed by atoms with Crippen molar-refractivity contribution in [3.05, 3.63) is 11.7 Å². The zero-order valence-corrected chi connectivity index (χ0v) is 8.80. The third-order valence-electron chi connectivity index (χ3n) is 2.65. The van der Waals surface area contributed by atoms with Crippen molar-refractivity contribution in [1.82, 2.24) is 10.1 Å². The number of nitrogens with zero attached hydrogens (tertiary/aromatic N) is 2. The minimum atomic E-state index is -1.13. The van der Waals surface area contributed by atoms with Crippen LogP contribution in [0.1, 0.15) is 49.1 Å². The lowest BCUT2D eigenvalue weighted by atomic mass is 10.1. The summed E-state index contributed by atoms with van der Waals surface area (Å²) in [6.45, 7) is 4.34. The van der Waals surface area contributed by atoms with Crippen molar-refractivity contribution in [3.63, 3.8) is 0 Å². The molecule has 0 spiro atoms. The maximum atomic E-state index is 10.5. The highest BCUT2D eigenvalue weighted by atomic mass is 16.5. The van der Waals surface area contributed by atoms with Gasteiger partial charge in [0.1, 0.15) is 0 Å². The Morgan fingerprint density at radius 2 is 2.40 bits per heavy atom. The first-order valence-corrected chi connectivity index (χ1v) is 5.14. The van der Waals surface area contributed by atoms with E-state index in [-0.39, 0.29) is 11.7 Å². The van der Waals surface area contributed by atoms with Crippen LogP contribution in [0.5, 0.6) is 0 Å². The maximum Gasteiger partial charge on any atom is 0.377 e. The molecule has 0 aliphatic heterocycles. The molecule has 1 aliphatic rings. The lowest BCUT2D eigenvalue weighted by Gasteiger charge is -2.00. The van der Waals surface area contributed by atoms with Crippen molar-refractivity contribution >= 4 is 5.97 Å². The Morgan fingerprint density at radius 1 is 1.67 bits per heavy atom. The predicted molar refractivity (Wildman–Crippen MR) is 51.6 cm³/mol. The topological polar surface area (TPSA) is 76.2 Å². The SMILES string of the molecule is CC(C)CC1CC1c1nc(C(=O)O)no1. The van der Waals surface area contributed by atoms with E-state index in [0.29, 0.717) is 17.7 Å². The number of carboxylic acid groups (broad SMARTS) is 1. The summed E-state index contributed by atoms with van der Waals surface area (Å²) in [7, 11) is 0. The second-order valence-electron chi connectivity index (χ2n) is 4.49. The van der Waals surface area contributed by atoms with Gasteiger partial charge in [-0.1, -0.05) is 13.8 Å². The molecule has 0 radical (unpaired) electrons. The molecule has 1 fully saturated rings. The zero-order valence-electron chi connectivity index (χ0n) is 8.80. The van der Waals surface area contributed by atoms with Gasteiger partial charge in [-0.05, 0) is 29.8 Å². The molecule has 1 aromatic heterocycles. The molecule has 1 N–H and O–H groups in total. The molecule has 82 valence electrons. The van der Waals surface area contributed by atoms with E-state index in [1.807, 2.05) is 0 Å². The Balaban J connectivity index is 1.98. The van der Waals surface area contributed by atoms with Gasteiger partial charge in [-0.25, -0.2) is 4.79 Å². The molecule has 1 saturated carbocycles. The van der Waals surface area contributed by atoms with Gasteiger partial charge in [0.2, 0.25) is 5.89 Å². The Labute approximate surface area is 87.5 Å². The molecule has 1 heterocycles. The highest BCUT2D eigenvalue weighted by molar-refractivity contribution is 5.82. The molecule has 15 heavy (non-hydrogen) atoms. The Morgan fingerprint density at radius 3 is 2.93 bits per heavy atom. The van der Waals surface area contributed by atoms with Crippen LogP contribution in [0.3, 0.4) is 0 Å². The van der Waals surface area contributed by atoms with E-state index in [0.717, 1.165) is 12.8 Å². The highest BCUT2D eigenvalue weighted by Gasteiger charge is 2.42. The smallest absolute Gasteiger partial charge is 0.377 e. The number of aromatic nitrogens is 2. The van der Waals surface area contributed by atoms with Crippen molar-refractivity contribution < 1.29 is 14.4 Å². The minimum absolute atomic E-state index is 0.236. The van der Waals surface area contributed by atoms with Crippen molar-refractivity contribution in [2.75, 3.05) is 0 Å². The molecule has 2 atom stereocenters. The summed E-state index contributed by atoms with van der Waals surface area (Å²) in [6.07, 6.45) is 2.18. The lowest BCUT2D eigenvalue weighted by molar-refractivity contribution is 0.0680. The van der Waals surface area contributed by atoms with Gasteiger partial charge in [0.15, 0.2) is 0 Å². The molecular weight excluding hydrogens is 196 g/mol. The monoisotopic (exact) mass is 210 g/mol. The molecule has 1 aromatic rings. The van der Waals surface area contributed by atoms with Gasteiger partial charge < -0.3 is 9.63 Å². The third kappa shape index (κ3) is 2.16. The minimum Gasteiger partial charge on any atom is -0.475 e. The van der Waals surface area contributed by atoms with Crippen LogP contribution in [0, 0.1) is 11.8 Å². The fraction of sp³-hybridized carbons (Fsp3) is 0.700. The first-order valence-electron chi connectivity index (χ1n) is 5.14. The summed E-state index contributed by atoms with van der Waals surface area (Å²) in [4.78, 5) is 14.4. The van der Waals surface area contributed by atoms with Crippen LogP contribution in [-0.4, -0.2) is 21.2 Å². The number of aromatic carboxylic acids is 1. The largest absolute Gasteiger partial charge is 0.475 e. The number of carbonyl (C=O) groups is 1. The second kappa shape index (κ2) is 3.64. The van der Waals surface area contributed by atoms with Crippen LogP contribution in [0.4, 0.5) is 0 Å². The van der Waals surface area contributed by atoms with Crippen LogP contribution in [0.2, 0.25) is 0 Å². The summed E-state index contributed by atoms with van der Waals surface area (Å²) in [5.74, 6) is 0.645. The quantitative estimate of drug-likeness (QED) is 0.821. The van der Waals surface area contributed by atoms with E-state index in [9.17, 15) is 4.79 Å².